The van der Waals surface area contributed by atoms with Gasteiger partial charge >= 0.3 is 0 Å². The largest absolute Gasteiger partial charge is 0.453 e. The van der Waals surface area contributed by atoms with Crippen molar-refractivity contribution in [1.29, 1.82) is 0 Å². The average Bonchev–Trinajstić information content (AvgIpc) is 2.93. The molecule has 1 fully saturated rings. The molecule has 3 rings (SSSR count). The molecule has 2 heterocycles. The Morgan fingerprint density at radius 2 is 2.19 bits per heavy atom. The summed E-state index contributed by atoms with van der Waals surface area (Å²) in [4.78, 5) is 14.6. The summed E-state index contributed by atoms with van der Waals surface area (Å²) in [6.07, 6.45) is 4.11. The van der Waals surface area contributed by atoms with Crippen LogP contribution in [0.25, 0.3) is 11.0 Å². The zero-order valence-electron chi connectivity index (χ0n) is 12.1. The maximum Gasteiger partial charge on any atom is 0.211 e. The molecule has 1 N–H and O–H groups in total. The van der Waals surface area contributed by atoms with Gasteiger partial charge in [-0.3, -0.25) is 9.69 Å². The van der Waals surface area contributed by atoms with E-state index in [2.05, 4.69) is 4.90 Å². The fourth-order valence-electron chi connectivity index (χ4n) is 3.13. The van der Waals surface area contributed by atoms with Crippen molar-refractivity contribution in [2.45, 2.75) is 31.7 Å². The number of aliphatic hydroxyl groups is 1. The van der Waals surface area contributed by atoms with Crippen LogP contribution in [0.5, 0.6) is 0 Å². The van der Waals surface area contributed by atoms with Crippen LogP contribution >= 0.6 is 0 Å². The molecular weight excluding hydrogens is 266 g/mol. The Balaban J connectivity index is 1.72. The van der Waals surface area contributed by atoms with E-state index in [0.717, 1.165) is 36.8 Å². The van der Waals surface area contributed by atoms with Gasteiger partial charge in [0.1, 0.15) is 5.58 Å². The van der Waals surface area contributed by atoms with Crippen molar-refractivity contribution in [3.05, 3.63) is 36.1 Å². The third-order valence-corrected chi connectivity index (χ3v) is 4.26. The normalized spacial score (nSPS) is 20.0. The summed E-state index contributed by atoms with van der Waals surface area (Å²) in [5.74, 6) is 0.459. The highest BCUT2D eigenvalue weighted by atomic mass is 16.3. The lowest BCUT2D eigenvalue weighted by atomic mass is 9.99. The number of hydrogen-bond acceptors (Lipinski definition) is 4. The molecule has 1 aliphatic rings. The maximum absolute atomic E-state index is 12.4. The molecule has 0 spiro atoms. The van der Waals surface area contributed by atoms with Crippen molar-refractivity contribution in [2.75, 3.05) is 19.7 Å². The van der Waals surface area contributed by atoms with E-state index in [4.69, 9.17) is 9.52 Å². The van der Waals surface area contributed by atoms with Crippen molar-refractivity contribution in [3.8, 4) is 0 Å². The molecule has 1 aliphatic heterocycles. The SMILES string of the molecule is O=C(CN1CCCCC1CCO)c1cc2ccccc2o1. The van der Waals surface area contributed by atoms with Crippen molar-refractivity contribution in [2.24, 2.45) is 0 Å². The average molecular weight is 287 g/mol. The third kappa shape index (κ3) is 3.17. The van der Waals surface area contributed by atoms with Crippen LogP contribution in [0.15, 0.2) is 34.7 Å². The summed E-state index contributed by atoms with van der Waals surface area (Å²) in [5, 5.41) is 10.1. The van der Waals surface area contributed by atoms with Crippen LogP contribution in [0.3, 0.4) is 0 Å². The lowest BCUT2D eigenvalue weighted by Gasteiger charge is -2.34. The number of nitrogens with zero attached hydrogens (tertiary/aromatic N) is 1. The molecule has 0 aliphatic carbocycles. The minimum atomic E-state index is 0.0241. The molecule has 1 aromatic carbocycles. The van der Waals surface area contributed by atoms with Crippen LogP contribution in [0.2, 0.25) is 0 Å². The second-order valence-electron chi connectivity index (χ2n) is 5.70. The molecule has 4 heteroatoms. The molecule has 2 aromatic rings. The van der Waals surface area contributed by atoms with Gasteiger partial charge in [0.15, 0.2) is 5.76 Å². The zero-order chi connectivity index (χ0) is 14.7. The molecule has 21 heavy (non-hydrogen) atoms. The molecule has 1 saturated heterocycles. The highest BCUT2D eigenvalue weighted by Gasteiger charge is 2.25. The number of ketones is 1. The third-order valence-electron chi connectivity index (χ3n) is 4.26. The van der Waals surface area contributed by atoms with Gasteiger partial charge < -0.3 is 9.52 Å². The molecule has 0 bridgehead atoms. The van der Waals surface area contributed by atoms with Crippen LogP contribution in [0.1, 0.15) is 36.2 Å². The standard InChI is InChI=1S/C17H21NO3/c19-10-8-14-6-3-4-9-18(14)12-15(20)17-11-13-5-1-2-7-16(13)21-17/h1-2,5,7,11,14,19H,3-4,6,8-10,12H2. The number of carbonyl (C=O) groups is 1. The van der Waals surface area contributed by atoms with Gasteiger partial charge in [-0.2, -0.15) is 0 Å². The van der Waals surface area contributed by atoms with Crippen molar-refractivity contribution in [3.63, 3.8) is 0 Å². The Labute approximate surface area is 124 Å². The van der Waals surface area contributed by atoms with Gasteiger partial charge in [0.05, 0.1) is 6.54 Å². The molecule has 0 amide bonds. The summed E-state index contributed by atoms with van der Waals surface area (Å²) in [6.45, 7) is 1.49. The first-order valence-corrected chi connectivity index (χ1v) is 7.64. The molecule has 0 radical (unpaired) electrons. The number of Topliss-reactive ketones (excluding diaryl/α,β-unsaturated/α-hetero) is 1. The number of likely N-dealkylation sites (tertiary alicyclic amines) is 1. The summed E-state index contributed by atoms with van der Waals surface area (Å²) < 4.78 is 5.64. The first-order valence-electron chi connectivity index (χ1n) is 7.64. The Kier molecular flexibility index (Phi) is 4.36. The molecule has 4 nitrogen and oxygen atoms in total. The highest BCUT2D eigenvalue weighted by molar-refractivity contribution is 5.98. The lowest BCUT2D eigenvalue weighted by Crippen LogP contribution is -2.42. The number of para-hydroxylation sites is 1. The Morgan fingerprint density at radius 1 is 1.33 bits per heavy atom. The minimum absolute atomic E-state index is 0.0241. The highest BCUT2D eigenvalue weighted by Crippen LogP contribution is 2.22. The van der Waals surface area contributed by atoms with Gasteiger partial charge in [-0.05, 0) is 37.9 Å². The Hall–Kier alpha value is -1.65. The van der Waals surface area contributed by atoms with E-state index in [-0.39, 0.29) is 12.4 Å². The predicted octanol–water partition coefficient (Wildman–Crippen LogP) is 2.85. The van der Waals surface area contributed by atoms with Crippen LogP contribution < -0.4 is 0 Å². The van der Waals surface area contributed by atoms with Gasteiger partial charge in [0.25, 0.3) is 0 Å². The van der Waals surface area contributed by atoms with Crippen molar-refractivity contribution >= 4 is 16.8 Å². The Morgan fingerprint density at radius 3 is 3.00 bits per heavy atom. The smallest absolute Gasteiger partial charge is 0.211 e. The summed E-state index contributed by atoms with van der Waals surface area (Å²) in [7, 11) is 0. The monoisotopic (exact) mass is 287 g/mol. The predicted molar refractivity (Wildman–Crippen MR) is 81.5 cm³/mol. The number of piperidine rings is 1. The van der Waals surface area contributed by atoms with Crippen LogP contribution in [0, 0.1) is 0 Å². The number of aliphatic hydroxyl groups excluding tert-OH is 1. The number of carbonyl (C=O) groups excluding carboxylic acids is 1. The molecule has 1 unspecified atom stereocenters. The summed E-state index contributed by atoms with van der Waals surface area (Å²) >= 11 is 0. The number of hydrogen-bond donors (Lipinski definition) is 1. The number of rotatable bonds is 5. The summed E-state index contributed by atoms with van der Waals surface area (Å²) in [5.41, 5.74) is 0.756. The first-order chi connectivity index (χ1) is 10.3. The van der Waals surface area contributed by atoms with Crippen molar-refractivity contribution < 1.29 is 14.3 Å². The first kappa shape index (κ1) is 14.3. The number of furan rings is 1. The van der Waals surface area contributed by atoms with Gasteiger partial charge in [-0.25, -0.2) is 0 Å². The van der Waals surface area contributed by atoms with E-state index in [0.29, 0.717) is 18.3 Å². The second kappa shape index (κ2) is 6.41. The van der Waals surface area contributed by atoms with Crippen molar-refractivity contribution in [1.82, 2.24) is 4.90 Å². The van der Waals surface area contributed by atoms with E-state index >= 15 is 0 Å². The van der Waals surface area contributed by atoms with E-state index in [1.54, 1.807) is 0 Å². The molecule has 112 valence electrons. The maximum atomic E-state index is 12.4. The van der Waals surface area contributed by atoms with E-state index in [9.17, 15) is 4.79 Å². The number of fused-ring (bicyclic) bond motifs is 1. The minimum Gasteiger partial charge on any atom is -0.453 e. The molecular formula is C17H21NO3. The van der Waals surface area contributed by atoms with E-state index in [1.165, 1.54) is 6.42 Å². The summed E-state index contributed by atoms with van der Waals surface area (Å²) in [6, 6.07) is 9.81. The van der Waals surface area contributed by atoms with Gasteiger partial charge in [-0.15, -0.1) is 0 Å². The molecule has 1 atom stereocenters. The van der Waals surface area contributed by atoms with Gasteiger partial charge in [0.2, 0.25) is 5.78 Å². The second-order valence-corrected chi connectivity index (χ2v) is 5.70. The van der Waals surface area contributed by atoms with Crippen LogP contribution in [0.4, 0.5) is 0 Å². The zero-order valence-corrected chi connectivity index (χ0v) is 12.1. The van der Waals surface area contributed by atoms with Gasteiger partial charge in [-0.1, -0.05) is 24.6 Å². The molecule has 0 saturated carbocycles. The van der Waals surface area contributed by atoms with E-state index in [1.807, 2.05) is 30.3 Å². The topological polar surface area (TPSA) is 53.7 Å². The Bertz CT molecular complexity index is 584. The van der Waals surface area contributed by atoms with E-state index < -0.39 is 0 Å². The fraction of sp³-hybridized carbons (Fsp3) is 0.471. The lowest BCUT2D eigenvalue weighted by molar-refractivity contribution is 0.0776. The van der Waals surface area contributed by atoms with Crippen LogP contribution in [-0.2, 0) is 0 Å². The van der Waals surface area contributed by atoms with Crippen LogP contribution in [-0.4, -0.2) is 41.5 Å². The fourth-order valence-corrected chi connectivity index (χ4v) is 3.13. The molecule has 1 aromatic heterocycles. The van der Waals surface area contributed by atoms with Gasteiger partial charge in [0, 0.05) is 18.0 Å². The number of benzene rings is 1. The quantitative estimate of drug-likeness (QED) is 0.859.